The van der Waals surface area contributed by atoms with E-state index in [0.717, 1.165) is 5.01 Å². The van der Waals surface area contributed by atoms with Gasteiger partial charge in [-0.05, 0) is 25.1 Å². The van der Waals surface area contributed by atoms with Crippen molar-refractivity contribution in [2.75, 3.05) is 5.32 Å². The first-order valence-corrected chi connectivity index (χ1v) is 5.15. The van der Waals surface area contributed by atoms with Crippen LogP contribution in [0.4, 0.5) is 5.13 Å². The number of hydrogen-bond acceptors (Lipinski definition) is 4. The fourth-order valence-electron chi connectivity index (χ4n) is 1.05. The lowest BCUT2D eigenvalue weighted by molar-refractivity contribution is 0.102. The molecule has 2 rings (SSSR count). The van der Waals surface area contributed by atoms with Gasteiger partial charge in [-0.25, -0.2) is 0 Å². The number of amides is 1. The Labute approximate surface area is 91.0 Å². The highest BCUT2D eigenvalue weighted by Gasteiger charge is 2.07. The van der Waals surface area contributed by atoms with Crippen molar-refractivity contribution < 1.29 is 4.79 Å². The van der Waals surface area contributed by atoms with Crippen LogP contribution in [0.25, 0.3) is 0 Å². The van der Waals surface area contributed by atoms with Crippen molar-refractivity contribution in [3.05, 3.63) is 40.9 Å². The maximum atomic E-state index is 11.6. The van der Waals surface area contributed by atoms with Crippen molar-refractivity contribution >= 4 is 22.4 Å². The Hall–Kier alpha value is -1.75. The monoisotopic (exact) mass is 218 g/mol. The van der Waals surface area contributed by atoms with Gasteiger partial charge in [-0.3, -0.25) is 10.1 Å². The van der Waals surface area contributed by atoms with E-state index in [1.807, 2.05) is 6.92 Å². The fraction of sp³-hybridized carbons (Fsp3) is 0.100. The van der Waals surface area contributed by atoms with Crippen molar-refractivity contribution in [3.63, 3.8) is 0 Å². The molecule has 0 saturated carbocycles. The van der Waals surface area contributed by atoms with Gasteiger partial charge in [0.2, 0.25) is 5.13 Å². The van der Waals surface area contributed by atoms with E-state index < -0.39 is 0 Å². The minimum Gasteiger partial charge on any atom is -0.296 e. The molecule has 1 aromatic carbocycles. The van der Waals surface area contributed by atoms with Gasteiger partial charge in [-0.2, -0.15) is 0 Å². The minimum atomic E-state index is -0.192. The Morgan fingerprint density at radius 2 is 2.40 bits per heavy atom. The smallest absolute Gasteiger partial charge is 0.257 e. The van der Waals surface area contributed by atoms with Crippen LogP contribution in [0.3, 0.4) is 0 Å². The first-order valence-electron chi connectivity index (χ1n) is 4.33. The van der Waals surface area contributed by atoms with Crippen LogP contribution in [0, 0.1) is 13.0 Å². The van der Waals surface area contributed by atoms with Crippen LogP contribution in [0.15, 0.2) is 24.3 Å². The van der Waals surface area contributed by atoms with Crippen molar-refractivity contribution in [2.24, 2.45) is 0 Å². The molecular formula is C10H8N3OS. The summed E-state index contributed by atoms with van der Waals surface area (Å²) in [6.07, 6.45) is 0. The predicted molar refractivity (Wildman–Crippen MR) is 57.9 cm³/mol. The Morgan fingerprint density at radius 3 is 3.00 bits per heavy atom. The first-order chi connectivity index (χ1) is 7.25. The summed E-state index contributed by atoms with van der Waals surface area (Å²) in [6, 6.07) is 9.70. The summed E-state index contributed by atoms with van der Waals surface area (Å²) in [5, 5.41) is 11.6. The summed E-state index contributed by atoms with van der Waals surface area (Å²) in [6.45, 7) is 1.84. The van der Waals surface area contributed by atoms with Gasteiger partial charge in [0.15, 0.2) is 0 Å². The zero-order chi connectivity index (χ0) is 10.7. The molecule has 0 fully saturated rings. The number of carbonyl (C=O) groups excluding carboxylic acids is 1. The molecule has 0 aliphatic carbocycles. The molecule has 0 spiro atoms. The Bertz CT molecular complexity index is 467. The number of carbonyl (C=O) groups is 1. The summed E-state index contributed by atoms with van der Waals surface area (Å²) in [5.41, 5.74) is 0.561. The third kappa shape index (κ3) is 2.38. The third-order valence-electron chi connectivity index (χ3n) is 1.72. The molecule has 0 aliphatic heterocycles. The van der Waals surface area contributed by atoms with Gasteiger partial charge < -0.3 is 0 Å². The van der Waals surface area contributed by atoms with Gasteiger partial charge in [-0.15, -0.1) is 10.2 Å². The van der Waals surface area contributed by atoms with Gasteiger partial charge in [0.05, 0.1) is 0 Å². The van der Waals surface area contributed by atoms with Gasteiger partial charge in [-0.1, -0.05) is 23.5 Å². The maximum absolute atomic E-state index is 11.6. The van der Waals surface area contributed by atoms with E-state index in [1.54, 1.807) is 24.3 Å². The zero-order valence-electron chi connectivity index (χ0n) is 8.02. The van der Waals surface area contributed by atoms with Crippen LogP contribution >= 0.6 is 11.3 Å². The highest BCUT2D eigenvalue weighted by atomic mass is 32.1. The molecule has 1 amide bonds. The molecule has 0 saturated heterocycles. The number of benzene rings is 1. The molecule has 2 aromatic rings. The van der Waals surface area contributed by atoms with Crippen molar-refractivity contribution in [3.8, 4) is 0 Å². The molecule has 4 nitrogen and oxygen atoms in total. The number of anilines is 1. The number of aromatic nitrogens is 2. The number of rotatable bonds is 2. The lowest BCUT2D eigenvalue weighted by Gasteiger charge is -1.99. The molecule has 1 radical (unpaired) electrons. The maximum Gasteiger partial charge on any atom is 0.257 e. The summed E-state index contributed by atoms with van der Waals surface area (Å²) in [4.78, 5) is 11.6. The molecule has 1 aromatic heterocycles. The molecule has 0 aliphatic rings. The van der Waals surface area contributed by atoms with Crippen molar-refractivity contribution in [1.82, 2.24) is 10.2 Å². The zero-order valence-corrected chi connectivity index (χ0v) is 8.84. The van der Waals surface area contributed by atoms with E-state index >= 15 is 0 Å². The second-order valence-corrected chi connectivity index (χ2v) is 4.05. The van der Waals surface area contributed by atoms with E-state index in [4.69, 9.17) is 0 Å². The molecule has 1 heterocycles. The molecular weight excluding hydrogens is 210 g/mol. The van der Waals surface area contributed by atoms with Crippen molar-refractivity contribution in [2.45, 2.75) is 6.92 Å². The molecule has 15 heavy (non-hydrogen) atoms. The summed E-state index contributed by atoms with van der Waals surface area (Å²) in [5.74, 6) is -0.192. The van der Waals surface area contributed by atoms with Gasteiger partial charge in [0, 0.05) is 5.56 Å². The molecule has 0 atom stereocenters. The standard InChI is InChI=1S/C10H8N3OS/c1-7-12-13-10(15-7)11-9(14)8-5-3-2-4-6-8/h2-3,5-6H,1H3,(H,11,13,14). The van der Waals surface area contributed by atoms with Crippen LogP contribution in [-0.2, 0) is 0 Å². The van der Waals surface area contributed by atoms with Crippen molar-refractivity contribution in [1.29, 1.82) is 0 Å². The largest absolute Gasteiger partial charge is 0.296 e. The Morgan fingerprint density at radius 1 is 1.53 bits per heavy atom. The number of nitrogens with zero attached hydrogens (tertiary/aromatic N) is 2. The second kappa shape index (κ2) is 4.18. The third-order valence-corrected chi connectivity index (χ3v) is 2.47. The van der Waals surface area contributed by atoms with Gasteiger partial charge in [0.25, 0.3) is 5.91 Å². The normalized spacial score (nSPS) is 9.93. The molecule has 1 N–H and O–H groups in total. The molecule has 5 heteroatoms. The van der Waals surface area contributed by atoms with Crippen LogP contribution in [0.5, 0.6) is 0 Å². The highest BCUT2D eigenvalue weighted by molar-refractivity contribution is 7.15. The van der Waals surface area contributed by atoms with E-state index in [1.165, 1.54) is 11.3 Å². The van der Waals surface area contributed by atoms with Gasteiger partial charge in [0.1, 0.15) is 5.01 Å². The number of nitrogens with one attached hydrogen (secondary N) is 1. The molecule has 0 unspecified atom stereocenters. The summed E-state index contributed by atoms with van der Waals surface area (Å²) < 4.78 is 0. The lowest BCUT2D eigenvalue weighted by Crippen LogP contribution is -2.11. The van der Waals surface area contributed by atoms with Crippen LogP contribution in [0.1, 0.15) is 15.4 Å². The number of hydrogen-bond donors (Lipinski definition) is 1. The lowest BCUT2D eigenvalue weighted by atomic mass is 10.2. The average Bonchev–Trinajstić information content (AvgIpc) is 2.65. The second-order valence-electron chi connectivity index (χ2n) is 2.87. The minimum absolute atomic E-state index is 0.192. The average molecular weight is 218 g/mol. The predicted octanol–water partition coefficient (Wildman–Crippen LogP) is 1.90. The highest BCUT2D eigenvalue weighted by Crippen LogP contribution is 2.14. The first kappa shape index (κ1) is 9.79. The summed E-state index contributed by atoms with van der Waals surface area (Å²) >= 11 is 1.35. The van der Waals surface area contributed by atoms with E-state index in [2.05, 4.69) is 21.6 Å². The topological polar surface area (TPSA) is 54.9 Å². The molecule has 75 valence electrons. The van der Waals surface area contributed by atoms with Gasteiger partial charge >= 0.3 is 0 Å². The van der Waals surface area contributed by atoms with E-state index in [-0.39, 0.29) is 5.91 Å². The number of aryl methyl sites for hydroxylation is 1. The Kier molecular flexibility index (Phi) is 2.73. The quantitative estimate of drug-likeness (QED) is 0.837. The summed E-state index contributed by atoms with van der Waals surface area (Å²) in [7, 11) is 0. The fourth-order valence-corrected chi connectivity index (χ4v) is 1.64. The van der Waals surface area contributed by atoms with Crippen LogP contribution in [0.2, 0.25) is 0 Å². The SMILES string of the molecule is Cc1nnc(NC(=O)c2c[c]ccc2)s1. The molecule has 0 bridgehead atoms. The van der Waals surface area contributed by atoms with Crippen LogP contribution in [-0.4, -0.2) is 16.1 Å². The van der Waals surface area contributed by atoms with Crippen LogP contribution < -0.4 is 5.32 Å². The van der Waals surface area contributed by atoms with E-state index in [9.17, 15) is 4.79 Å². The Balaban J connectivity index is 2.11. The van der Waals surface area contributed by atoms with E-state index in [0.29, 0.717) is 10.7 Å².